The molecule has 0 spiro atoms. The maximum atomic E-state index is 11.0. The molecular formula is C12H10BrN5O2. The maximum Gasteiger partial charge on any atom is 0.285 e. The Labute approximate surface area is 122 Å². The molecule has 8 heteroatoms. The molecule has 0 amide bonds. The van der Waals surface area contributed by atoms with E-state index in [0.29, 0.717) is 17.6 Å². The minimum atomic E-state index is -0.391. The summed E-state index contributed by atoms with van der Waals surface area (Å²) in [6.45, 7) is 1.33. The van der Waals surface area contributed by atoms with Crippen molar-refractivity contribution in [2.45, 2.75) is 13.1 Å². The van der Waals surface area contributed by atoms with E-state index in [1.807, 2.05) is 16.8 Å². The van der Waals surface area contributed by atoms with Crippen LogP contribution in [-0.2, 0) is 13.1 Å². The molecule has 2 heterocycles. The summed E-state index contributed by atoms with van der Waals surface area (Å²) in [6, 6.07) is 5.28. The van der Waals surface area contributed by atoms with Gasteiger partial charge >= 0.3 is 0 Å². The number of aromatic nitrogens is 4. The van der Waals surface area contributed by atoms with Crippen LogP contribution in [0.1, 0.15) is 0 Å². The van der Waals surface area contributed by atoms with Crippen LogP contribution >= 0.6 is 15.9 Å². The van der Waals surface area contributed by atoms with Crippen molar-refractivity contribution in [2.24, 2.45) is 0 Å². The summed E-state index contributed by atoms with van der Waals surface area (Å²) in [4.78, 5) is 14.5. The van der Waals surface area contributed by atoms with Crippen molar-refractivity contribution in [3.05, 3.63) is 51.6 Å². The third kappa shape index (κ3) is 2.29. The van der Waals surface area contributed by atoms with Gasteiger partial charge in [-0.15, -0.1) is 0 Å². The lowest BCUT2D eigenvalue weighted by Crippen LogP contribution is -2.06. The molecule has 2 aromatic heterocycles. The molecule has 0 aliphatic carbocycles. The first-order chi connectivity index (χ1) is 9.65. The van der Waals surface area contributed by atoms with Gasteiger partial charge in [0, 0.05) is 24.2 Å². The van der Waals surface area contributed by atoms with E-state index in [9.17, 15) is 10.1 Å². The number of aryl methyl sites for hydroxylation is 2. The summed E-state index contributed by atoms with van der Waals surface area (Å²) in [5.74, 6) is 0. The number of hydrogen-bond acceptors (Lipinski definition) is 4. The largest absolute Gasteiger partial charge is 0.345 e. The fourth-order valence-electron chi connectivity index (χ4n) is 2.09. The van der Waals surface area contributed by atoms with E-state index in [-0.39, 0.29) is 5.69 Å². The van der Waals surface area contributed by atoms with E-state index in [1.54, 1.807) is 23.1 Å². The quantitative estimate of drug-likeness (QED) is 0.542. The van der Waals surface area contributed by atoms with Crippen LogP contribution in [0.15, 0.2) is 41.5 Å². The minimum Gasteiger partial charge on any atom is -0.345 e. The number of rotatable bonds is 4. The summed E-state index contributed by atoms with van der Waals surface area (Å²) in [6.07, 6.45) is 5.04. The second-order valence-corrected chi connectivity index (χ2v) is 5.14. The van der Waals surface area contributed by atoms with Gasteiger partial charge < -0.3 is 4.57 Å². The molecule has 102 valence electrons. The van der Waals surface area contributed by atoms with Gasteiger partial charge in [-0.25, -0.2) is 4.98 Å². The number of halogens is 1. The molecule has 0 unspecified atom stereocenters. The standard InChI is InChI=1S/C12H10BrN5O2/c13-10-5-9-1-2-16(3-4-17-8-14-7-15-17)11(9)6-12(10)18(19)20/h1-2,5-8H,3-4H2. The topological polar surface area (TPSA) is 78.8 Å². The Morgan fingerprint density at radius 1 is 1.35 bits per heavy atom. The van der Waals surface area contributed by atoms with Gasteiger partial charge in [-0.05, 0) is 28.1 Å². The Kier molecular flexibility index (Phi) is 3.23. The van der Waals surface area contributed by atoms with Crippen LogP contribution < -0.4 is 0 Å². The summed E-state index contributed by atoms with van der Waals surface area (Å²) >= 11 is 3.22. The number of fused-ring (bicyclic) bond motifs is 1. The first kappa shape index (κ1) is 12.8. The van der Waals surface area contributed by atoms with Crippen LogP contribution in [0, 0.1) is 10.1 Å². The average molecular weight is 336 g/mol. The van der Waals surface area contributed by atoms with Gasteiger partial charge in [0.25, 0.3) is 5.69 Å². The van der Waals surface area contributed by atoms with Gasteiger partial charge in [-0.3, -0.25) is 14.8 Å². The van der Waals surface area contributed by atoms with Crippen molar-refractivity contribution in [2.75, 3.05) is 0 Å². The van der Waals surface area contributed by atoms with Crippen molar-refractivity contribution in [1.29, 1.82) is 0 Å². The van der Waals surface area contributed by atoms with E-state index in [4.69, 9.17) is 0 Å². The van der Waals surface area contributed by atoms with Gasteiger partial charge in [0.2, 0.25) is 0 Å². The van der Waals surface area contributed by atoms with Crippen LogP contribution in [0.3, 0.4) is 0 Å². The van der Waals surface area contributed by atoms with Crippen LogP contribution in [0.5, 0.6) is 0 Å². The molecule has 0 fully saturated rings. The molecule has 20 heavy (non-hydrogen) atoms. The van der Waals surface area contributed by atoms with Gasteiger partial charge in [0.05, 0.1) is 21.5 Å². The summed E-state index contributed by atoms with van der Waals surface area (Å²) in [5, 5.41) is 16.0. The number of benzene rings is 1. The third-order valence-electron chi connectivity index (χ3n) is 3.07. The highest BCUT2D eigenvalue weighted by Crippen LogP contribution is 2.30. The number of hydrogen-bond donors (Lipinski definition) is 0. The highest BCUT2D eigenvalue weighted by molar-refractivity contribution is 9.10. The lowest BCUT2D eigenvalue weighted by molar-refractivity contribution is -0.385. The molecule has 3 aromatic rings. The second-order valence-electron chi connectivity index (χ2n) is 4.29. The molecule has 0 saturated heterocycles. The zero-order chi connectivity index (χ0) is 14.1. The lowest BCUT2D eigenvalue weighted by Gasteiger charge is -2.05. The molecule has 0 bridgehead atoms. The smallest absolute Gasteiger partial charge is 0.285 e. The molecule has 3 rings (SSSR count). The van der Waals surface area contributed by atoms with Gasteiger partial charge in [-0.2, -0.15) is 5.10 Å². The minimum absolute atomic E-state index is 0.0678. The van der Waals surface area contributed by atoms with Crippen molar-refractivity contribution in [3.8, 4) is 0 Å². The Bertz CT molecular complexity index is 766. The molecule has 0 radical (unpaired) electrons. The van der Waals surface area contributed by atoms with Gasteiger partial charge in [-0.1, -0.05) is 0 Å². The lowest BCUT2D eigenvalue weighted by atomic mass is 10.2. The Hall–Kier alpha value is -2.22. The normalized spacial score (nSPS) is 11.1. The zero-order valence-corrected chi connectivity index (χ0v) is 11.9. The molecule has 0 aliphatic rings. The fraction of sp³-hybridized carbons (Fsp3) is 0.167. The molecule has 0 aliphatic heterocycles. The van der Waals surface area contributed by atoms with Crippen LogP contribution in [-0.4, -0.2) is 24.3 Å². The van der Waals surface area contributed by atoms with E-state index >= 15 is 0 Å². The Balaban J connectivity index is 1.95. The van der Waals surface area contributed by atoms with Crippen LogP contribution in [0.2, 0.25) is 0 Å². The van der Waals surface area contributed by atoms with E-state index < -0.39 is 4.92 Å². The summed E-state index contributed by atoms with van der Waals surface area (Å²) in [5.41, 5.74) is 0.901. The Morgan fingerprint density at radius 2 is 2.20 bits per heavy atom. The predicted molar refractivity (Wildman–Crippen MR) is 76.3 cm³/mol. The van der Waals surface area contributed by atoms with E-state index in [2.05, 4.69) is 26.0 Å². The zero-order valence-electron chi connectivity index (χ0n) is 10.3. The van der Waals surface area contributed by atoms with E-state index in [0.717, 1.165) is 10.9 Å². The molecule has 0 N–H and O–H groups in total. The Morgan fingerprint density at radius 3 is 2.90 bits per heavy atom. The predicted octanol–water partition coefficient (Wildman–Crippen LogP) is 2.60. The highest BCUT2D eigenvalue weighted by atomic mass is 79.9. The summed E-state index contributed by atoms with van der Waals surface area (Å²) in [7, 11) is 0. The average Bonchev–Trinajstić information content (AvgIpc) is 3.03. The van der Waals surface area contributed by atoms with Crippen molar-refractivity contribution in [1.82, 2.24) is 19.3 Å². The number of nitro benzene ring substituents is 1. The molecular weight excluding hydrogens is 326 g/mol. The highest BCUT2D eigenvalue weighted by Gasteiger charge is 2.14. The molecule has 0 saturated carbocycles. The summed E-state index contributed by atoms with van der Waals surface area (Å²) < 4.78 is 4.18. The molecule has 7 nitrogen and oxygen atoms in total. The van der Waals surface area contributed by atoms with E-state index in [1.165, 1.54) is 6.33 Å². The molecule has 0 atom stereocenters. The monoisotopic (exact) mass is 335 g/mol. The van der Waals surface area contributed by atoms with Gasteiger partial charge in [0.1, 0.15) is 12.7 Å². The van der Waals surface area contributed by atoms with Crippen molar-refractivity contribution < 1.29 is 4.92 Å². The number of nitro groups is 1. The van der Waals surface area contributed by atoms with Gasteiger partial charge in [0.15, 0.2) is 0 Å². The maximum absolute atomic E-state index is 11.0. The second kappa shape index (κ2) is 5.04. The first-order valence-electron chi connectivity index (χ1n) is 5.90. The SMILES string of the molecule is O=[N+]([O-])c1cc2c(ccn2CCn2cncn2)cc1Br. The first-order valence-corrected chi connectivity index (χ1v) is 6.69. The number of nitrogens with zero attached hydrogens (tertiary/aromatic N) is 5. The van der Waals surface area contributed by atoms with Crippen molar-refractivity contribution in [3.63, 3.8) is 0 Å². The molecule has 1 aromatic carbocycles. The van der Waals surface area contributed by atoms with Crippen molar-refractivity contribution >= 4 is 32.5 Å². The van der Waals surface area contributed by atoms with Crippen LogP contribution in [0.4, 0.5) is 5.69 Å². The third-order valence-corrected chi connectivity index (χ3v) is 3.71. The van der Waals surface area contributed by atoms with Crippen LogP contribution in [0.25, 0.3) is 10.9 Å². The fourth-order valence-corrected chi connectivity index (χ4v) is 2.60.